The van der Waals surface area contributed by atoms with Gasteiger partial charge in [-0.25, -0.2) is 12.8 Å². The highest BCUT2D eigenvalue weighted by molar-refractivity contribution is 7.89. The molecule has 2 aromatic rings. The summed E-state index contributed by atoms with van der Waals surface area (Å²) in [6, 6.07) is 11.6. The average Bonchev–Trinajstić information content (AvgIpc) is 2.67. The molecule has 0 spiro atoms. The third-order valence-electron chi connectivity index (χ3n) is 4.32. The van der Waals surface area contributed by atoms with Gasteiger partial charge in [-0.05, 0) is 53.8 Å². The molecule has 0 amide bonds. The molecule has 154 valence electrons. The van der Waals surface area contributed by atoms with Gasteiger partial charge in [0, 0.05) is 13.1 Å². The van der Waals surface area contributed by atoms with Gasteiger partial charge >= 0.3 is 5.97 Å². The molecule has 5 nitrogen and oxygen atoms in total. The van der Waals surface area contributed by atoms with Crippen LogP contribution in [-0.4, -0.2) is 36.9 Å². The molecule has 0 fully saturated rings. The lowest BCUT2D eigenvalue weighted by Crippen LogP contribution is -2.33. The van der Waals surface area contributed by atoms with E-state index >= 15 is 0 Å². The third kappa shape index (κ3) is 6.37. The van der Waals surface area contributed by atoms with Gasteiger partial charge in [-0.15, -0.1) is 6.58 Å². The molecule has 0 radical (unpaired) electrons. The summed E-state index contributed by atoms with van der Waals surface area (Å²) >= 11 is 0. The van der Waals surface area contributed by atoms with E-state index in [1.54, 1.807) is 30.3 Å². The maximum Gasteiger partial charge on any atom is 0.307 e. The van der Waals surface area contributed by atoms with Crippen LogP contribution in [0.4, 0.5) is 4.39 Å². The highest BCUT2D eigenvalue weighted by Gasteiger charge is 2.25. The molecule has 0 aliphatic rings. The van der Waals surface area contributed by atoms with Crippen LogP contribution < -0.4 is 0 Å². The number of carboxylic acid groups (broad SMARTS) is 1. The van der Waals surface area contributed by atoms with Crippen molar-refractivity contribution in [2.24, 2.45) is 0 Å². The molecule has 0 aromatic heterocycles. The standard InChI is InChI=1S/C22H24FNO4S/c1-3-4-5-13-24(29(27,28)21-11-9-20(23)10-12-21)16-17(2)19-8-6-7-18(14-19)15-22(25)26/h3,6-12,14H,1-2,4-5,13,15-16H2,(H,25,26). The highest BCUT2D eigenvalue weighted by Crippen LogP contribution is 2.22. The van der Waals surface area contributed by atoms with E-state index in [4.69, 9.17) is 5.11 Å². The van der Waals surface area contributed by atoms with Gasteiger partial charge in [0.25, 0.3) is 0 Å². The quantitative estimate of drug-likeness (QED) is 0.441. The summed E-state index contributed by atoms with van der Waals surface area (Å²) in [4.78, 5) is 10.9. The summed E-state index contributed by atoms with van der Waals surface area (Å²) in [5, 5.41) is 8.97. The Kier molecular flexibility index (Phi) is 7.87. The van der Waals surface area contributed by atoms with Gasteiger partial charge in [0.15, 0.2) is 0 Å². The van der Waals surface area contributed by atoms with Crippen LogP contribution in [0.3, 0.4) is 0 Å². The molecular formula is C22H24FNO4S. The molecular weight excluding hydrogens is 393 g/mol. The summed E-state index contributed by atoms with van der Waals surface area (Å²) in [6.45, 7) is 7.94. The number of halogens is 1. The lowest BCUT2D eigenvalue weighted by Gasteiger charge is -2.23. The number of hydrogen-bond acceptors (Lipinski definition) is 3. The third-order valence-corrected chi connectivity index (χ3v) is 6.18. The van der Waals surface area contributed by atoms with Gasteiger partial charge in [-0.1, -0.05) is 36.9 Å². The fourth-order valence-electron chi connectivity index (χ4n) is 2.83. The Bertz CT molecular complexity index is 984. The van der Waals surface area contributed by atoms with Crippen LogP contribution in [0.15, 0.2) is 72.7 Å². The predicted octanol–water partition coefficient (Wildman–Crippen LogP) is 4.12. The molecule has 0 heterocycles. The molecule has 0 saturated carbocycles. The summed E-state index contributed by atoms with van der Waals surface area (Å²) < 4.78 is 40.7. The maximum absolute atomic E-state index is 13.2. The van der Waals surface area contributed by atoms with Crippen molar-refractivity contribution in [2.45, 2.75) is 24.2 Å². The number of hydrogen-bond donors (Lipinski definition) is 1. The van der Waals surface area contributed by atoms with Crippen molar-refractivity contribution in [3.8, 4) is 0 Å². The van der Waals surface area contributed by atoms with E-state index in [-0.39, 0.29) is 24.4 Å². The van der Waals surface area contributed by atoms with Crippen molar-refractivity contribution in [1.82, 2.24) is 4.31 Å². The van der Waals surface area contributed by atoms with E-state index in [0.29, 0.717) is 29.5 Å². The molecule has 0 unspecified atom stereocenters. The molecule has 2 aromatic carbocycles. The number of rotatable bonds is 11. The van der Waals surface area contributed by atoms with E-state index in [0.717, 1.165) is 12.1 Å². The van der Waals surface area contributed by atoms with Crippen LogP contribution >= 0.6 is 0 Å². The molecule has 2 rings (SSSR count). The number of aliphatic carboxylic acids is 1. The Balaban J connectivity index is 2.28. The SMILES string of the molecule is C=CCCCN(CC(=C)c1cccc(CC(=O)O)c1)S(=O)(=O)c1ccc(F)cc1. The summed E-state index contributed by atoms with van der Waals surface area (Å²) in [7, 11) is -3.85. The van der Waals surface area contributed by atoms with Crippen molar-refractivity contribution in [3.63, 3.8) is 0 Å². The lowest BCUT2D eigenvalue weighted by molar-refractivity contribution is -0.136. The zero-order chi connectivity index (χ0) is 21.4. The number of benzene rings is 2. The minimum atomic E-state index is -3.85. The fraction of sp³-hybridized carbons (Fsp3) is 0.227. The number of nitrogens with zero attached hydrogens (tertiary/aromatic N) is 1. The Morgan fingerprint density at radius 2 is 1.86 bits per heavy atom. The number of unbranched alkanes of at least 4 members (excludes halogenated alkanes) is 1. The minimum absolute atomic E-state index is 0.00457. The van der Waals surface area contributed by atoms with Crippen molar-refractivity contribution >= 4 is 21.6 Å². The van der Waals surface area contributed by atoms with Gasteiger partial charge < -0.3 is 5.11 Å². The highest BCUT2D eigenvalue weighted by atomic mass is 32.2. The minimum Gasteiger partial charge on any atom is -0.481 e. The first-order chi connectivity index (χ1) is 13.7. The largest absolute Gasteiger partial charge is 0.481 e. The molecule has 0 saturated heterocycles. The lowest BCUT2D eigenvalue weighted by atomic mass is 10.0. The van der Waals surface area contributed by atoms with E-state index in [2.05, 4.69) is 13.2 Å². The number of allylic oxidation sites excluding steroid dienone is 1. The average molecular weight is 418 g/mol. The zero-order valence-electron chi connectivity index (χ0n) is 16.1. The topological polar surface area (TPSA) is 74.7 Å². The number of carbonyl (C=O) groups is 1. The van der Waals surface area contributed by atoms with Crippen LogP contribution in [0, 0.1) is 5.82 Å². The van der Waals surface area contributed by atoms with Crippen molar-refractivity contribution in [2.75, 3.05) is 13.1 Å². The number of carboxylic acids is 1. The van der Waals surface area contributed by atoms with Crippen LogP contribution in [0.25, 0.3) is 5.57 Å². The van der Waals surface area contributed by atoms with Crippen LogP contribution in [-0.2, 0) is 21.2 Å². The van der Waals surface area contributed by atoms with Crippen LogP contribution in [0.2, 0.25) is 0 Å². The summed E-state index contributed by atoms with van der Waals surface area (Å²) in [5.41, 5.74) is 1.82. The molecule has 29 heavy (non-hydrogen) atoms. The van der Waals surface area contributed by atoms with E-state index < -0.39 is 21.8 Å². The predicted molar refractivity (Wildman–Crippen MR) is 111 cm³/mol. The molecule has 1 N–H and O–H groups in total. The second-order valence-corrected chi connectivity index (χ2v) is 8.54. The monoisotopic (exact) mass is 417 g/mol. The normalized spacial score (nSPS) is 11.4. The van der Waals surface area contributed by atoms with Crippen molar-refractivity contribution in [3.05, 3.63) is 84.7 Å². The van der Waals surface area contributed by atoms with Gasteiger partial charge in [-0.3, -0.25) is 4.79 Å². The Morgan fingerprint density at radius 3 is 2.48 bits per heavy atom. The van der Waals surface area contributed by atoms with E-state index in [9.17, 15) is 17.6 Å². The second kappa shape index (κ2) is 10.1. The maximum atomic E-state index is 13.2. The zero-order valence-corrected chi connectivity index (χ0v) is 16.9. The fourth-order valence-corrected chi connectivity index (χ4v) is 4.31. The Hall–Kier alpha value is -2.77. The van der Waals surface area contributed by atoms with Gasteiger partial charge in [0.05, 0.1) is 11.3 Å². The van der Waals surface area contributed by atoms with Gasteiger partial charge in [-0.2, -0.15) is 4.31 Å². The first-order valence-corrected chi connectivity index (χ1v) is 10.5. The summed E-state index contributed by atoms with van der Waals surface area (Å²) in [6.07, 6.45) is 2.82. The second-order valence-electron chi connectivity index (χ2n) is 6.60. The Labute approximate surface area is 170 Å². The first kappa shape index (κ1) is 22.5. The van der Waals surface area contributed by atoms with Crippen molar-refractivity contribution < 1.29 is 22.7 Å². The van der Waals surface area contributed by atoms with Crippen LogP contribution in [0.1, 0.15) is 24.0 Å². The van der Waals surface area contributed by atoms with Gasteiger partial charge in [0.1, 0.15) is 5.82 Å². The van der Waals surface area contributed by atoms with E-state index in [1.165, 1.54) is 16.4 Å². The number of sulfonamides is 1. The van der Waals surface area contributed by atoms with E-state index in [1.807, 2.05) is 0 Å². The molecule has 0 aliphatic heterocycles. The molecule has 7 heteroatoms. The smallest absolute Gasteiger partial charge is 0.307 e. The Morgan fingerprint density at radius 1 is 1.17 bits per heavy atom. The van der Waals surface area contributed by atoms with Gasteiger partial charge in [0.2, 0.25) is 10.0 Å². The summed E-state index contributed by atoms with van der Waals surface area (Å²) in [5.74, 6) is -1.46. The van der Waals surface area contributed by atoms with Crippen LogP contribution in [0.5, 0.6) is 0 Å². The molecule has 0 bridgehead atoms. The molecule has 0 atom stereocenters. The molecule has 0 aliphatic carbocycles. The van der Waals surface area contributed by atoms with Crippen molar-refractivity contribution in [1.29, 1.82) is 0 Å². The first-order valence-electron chi connectivity index (χ1n) is 9.09.